The Labute approximate surface area is 77.7 Å². The first-order valence-electron chi connectivity index (χ1n) is 4.80. The van der Waals surface area contributed by atoms with Gasteiger partial charge in [0.2, 0.25) is 0 Å². The monoisotopic (exact) mass is 184 g/mol. The largest absolute Gasteiger partial charge is 0.465 e. The first-order valence-corrected chi connectivity index (χ1v) is 4.80. The van der Waals surface area contributed by atoms with E-state index < -0.39 is 6.09 Å². The molecule has 2 rings (SSSR count). The topological polar surface area (TPSA) is 66.6 Å². The summed E-state index contributed by atoms with van der Waals surface area (Å²) in [6.45, 7) is 3.43. The fourth-order valence-electron chi connectivity index (χ4n) is 2.57. The van der Waals surface area contributed by atoms with Gasteiger partial charge >= 0.3 is 6.09 Å². The third-order valence-electron chi connectivity index (χ3n) is 3.77. The molecule has 1 saturated heterocycles. The summed E-state index contributed by atoms with van der Waals surface area (Å²) in [5.74, 6) is 0.423. The molecule has 0 aromatic carbocycles. The van der Waals surface area contributed by atoms with E-state index >= 15 is 0 Å². The number of likely N-dealkylation sites (tertiary alicyclic amines) is 1. The first-order chi connectivity index (χ1) is 6.06. The number of amides is 1. The van der Waals surface area contributed by atoms with Crippen molar-refractivity contribution in [2.75, 3.05) is 13.1 Å². The molecule has 0 aromatic rings. The van der Waals surface area contributed by atoms with E-state index in [1.165, 1.54) is 4.90 Å². The van der Waals surface area contributed by atoms with Gasteiger partial charge in [-0.2, -0.15) is 0 Å². The zero-order chi connectivity index (χ0) is 9.64. The van der Waals surface area contributed by atoms with E-state index in [4.69, 9.17) is 10.8 Å². The summed E-state index contributed by atoms with van der Waals surface area (Å²) in [5.41, 5.74) is 6.16. The highest BCUT2D eigenvalue weighted by Crippen LogP contribution is 2.55. The standard InChI is InChI=1S/C9H16N2O2/c1-6-5-11(8(12)13)3-2-9(6)4-7(9)10/h6-7H,2-5,10H2,1H3,(H,12,13). The molecule has 0 aromatic heterocycles. The number of hydrogen-bond donors (Lipinski definition) is 2. The Balaban J connectivity index is 2.01. The van der Waals surface area contributed by atoms with Crippen LogP contribution in [0.25, 0.3) is 0 Å². The van der Waals surface area contributed by atoms with Crippen LogP contribution in [0.1, 0.15) is 19.8 Å². The van der Waals surface area contributed by atoms with Gasteiger partial charge in [0.15, 0.2) is 0 Å². The van der Waals surface area contributed by atoms with Gasteiger partial charge in [0.1, 0.15) is 0 Å². The summed E-state index contributed by atoms with van der Waals surface area (Å²) in [7, 11) is 0. The molecule has 0 radical (unpaired) electrons. The molecule has 1 saturated carbocycles. The molecule has 1 heterocycles. The minimum atomic E-state index is -0.795. The highest BCUT2D eigenvalue weighted by atomic mass is 16.4. The maximum atomic E-state index is 10.7. The van der Waals surface area contributed by atoms with Crippen LogP contribution in [-0.2, 0) is 0 Å². The average molecular weight is 184 g/mol. The van der Waals surface area contributed by atoms with Crippen LogP contribution in [0.3, 0.4) is 0 Å². The van der Waals surface area contributed by atoms with Crippen LogP contribution in [0.15, 0.2) is 0 Å². The molecule has 4 heteroatoms. The molecule has 4 nitrogen and oxygen atoms in total. The Morgan fingerprint density at radius 3 is 2.69 bits per heavy atom. The minimum Gasteiger partial charge on any atom is -0.465 e. The number of nitrogens with two attached hydrogens (primary N) is 1. The van der Waals surface area contributed by atoms with Crippen molar-refractivity contribution in [2.24, 2.45) is 17.1 Å². The van der Waals surface area contributed by atoms with Crippen molar-refractivity contribution in [2.45, 2.75) is 25.8 Å². The molecule has 3 atom stereocenters. The molecule has 2 fully saturated rings. The maximum absolute atomic E-state index is 10.7. The Kier molecular flexibility index (Phi) is 1.77. The number of carbonyl (C=O) groups is 1. The Bertz CT molecular complexity index is 244. The van der Waals surface area contributed by atoms with Gasteiger partial charge in [0, 0.05) is 19.1 Å². The van der Waals surface area contributed by atoms with Gasteiger partial charge in [-0.25, -0.2) is 4.79 Å². The van der Waals surface area contributed by atoms with Crippen molar-refractivity contribution in [3.8, 4) is 0 Å². The third-order valence-corrected chi connectivity index (χ3v) is 3.77. The normalized spacial score (nSPS) is 43.7. The Morgan fingerprint density at radius 2 is 2.31 bits per heavy atom. The highest BCUT2D eigenvalue weighted by Gasteiger charge is 2.57. The lowest BCUT2D eigenvalue weighted by atomic mass is 9.83. The van der Waals surface area contributed by atoms with Crippen molar-refractivity contribution in [1.82, 2.24) is 4.90 Å². The van der Waals surface area contributed by atoms with Crippen LogP contribution >= 0.6 is 0 Å². The summed E-state index contributed by atoms with van der Waals surface area (Å²) >= 11 is 0. The van der Waals surface area contributed by atoms with E-state index in [1.807, 2.05) is 0 Å². The number of nitrogens with zero attached hydrogens (tertiary/aromatic N) is 1. The molecule has 1 aliphatic carbocycles. The van der Waals surface area contributed by atoms with Crippen molar-refractivity contribution in [1.29, 1.82) is 0 Å². The van der Waals surface area contributed by atoms with Gasteiger partial charge in [-0.1, -0.05) is 6.92 Å². The second-order valence-electron chi connectivity index (χ2n) is 4.42. The molecule has 0 bridgehead atoms. The van der Waals surface area contributed by atoms with Crippen LogP contribution in [-0.4, -0.2) is 35.2 Å². The Hall–Kier alpha value is -0.770. The molecule has 13 heavy (non-hydrogen) atoms. The van der Waals surface area contributed by atoms with E-state index in [0.717, 1.165) is 12.8 Å². The molecule has 74 valence electrons. The number of rotatable bonds is 0. The summed E-state index contributed by atoms with van der Waals surface area (Å²) in [6, 6.07) is 0.318. The smallest absolute Gasteiger partial charge is 0.407 e. The average Bonchev–Trinajstić information content (AvgIpc) is 2.69. The number of piperidine rings is 1. The quantitative estimate of drug-likeness (QED) is 0.583. The molecule has 3 N–H and O–H groups in total. The van der Waals surface area contributed by atoms with Gasteiger partial charge in [0.25, 0.3) is 0 Å². The number of hydrogen-bond acceptors (Lipinski definition) is 2. The SMILES string of the molecule is CC1CN(C(=O)O)CCC12CC2N. The fourth-order valence-corrected chi connectivity index (χ4v) is 2.57. The Morgan fingerprint density at radius 1 is 1.69 bits per heavy atom. The van der Waals surface area contributed by atoms with E-state index in [-0.39, 0.29) is 5.41 Å². The second-order valence-corrected chi connectivity index (χ2v) is 4.42. The second kappa shape index (κ2) is 2.61. The maximum Gasteiger partial charge on any atom is 0.407 e. The highest BCUT2D eigenvalue weighted by molar-refractivity contribution is 5.65. The van der Waals surface area contributed by atoms with Crippen LogP contribution in [0, 0.1) is 11.3 Å². The molecular weight excluding hydrogens is 168 g/mol. The van der Waals surface area contributed by atoms with Crippen molar-refractivity contribution in [3.05, 3.63) is 0 Å². The zero-order valence-corrected chi connectivity index (χ0v) is 7.86. The predicted molar refractivity (Wildman–Crippen MR) is 48.4 cm³/mol. The van der Waals surface area contributed by atoms with Gasteiger partial charge in [-0.15, -0.1) is 0 Å². The summed E-state index contributed by atoms with van der Waals surface area (Å²) < 4.78 is 0. The lowest BCUT2D eigenvalue weighted by molar-refractivity contribution is 0.0920. The summed E-state index contributed by atoms with van der Waals surface area (Å²) in [6.07, 6.45) is 1.24. The molecule has 1 amide bonds. The predicted octanol–water partition coefficient (Wildman–Crippen LogP) is 0.724. The van der Waals surface area contributed by atoms with E-state index in [0.29, 0.717) is 25.0 Å². The molecule has 1 aliphatic heterocycles. The van der Waals surface area contributed by atoms with E-state index in [1.54, 1.807) is 0 Å². The third kappa shape index (κ3) is 1.20. The molecule has 2 aliphatic rings. The first kappa shape index (κ1) is 8.81. The number of carboxylic acid groups (broad SMARTS) is 1. The van der Waals surface area contributed by atoms with Gasteiger partial charge < -0.3 is 15.7 Å². The van der Waals surface area contributed by atoms with Crippen LogP contribution < -0.4 is 5.73 Å². The molecule has 3 unspecified atom stereocenters. The van der Waals surface area contributed by atoms with Crippen molar-refractivity contribution < 1.29 is 9.90 Å². The van der Waals surface area contributed by atoms with E-state index in [9.17, 15) is 4.79 Å². The van der Waals surface area contributed by atoms with Gasteiger partial charge in [-0.3, -0.25) is 0 Å². The van der Waals surface area contributed by atoms with Gasteiger partial charge in [0.05, 0.1) is 0 Å². The van der Waals surface area contributed by atoms with Gasteiger partial charge in [-0.05, 0) is 24.2 Å². The lowest BCUT2D eigenvalue weighted by Crippen LogP contribution is -2.44. The zero-order valence-electron chi connectivity index (χ0n) is 7.86. The van der Waals surface area contributed by atoms with Crippen LogP contribution in [0.5, 0.6) is 0 Å². The van der Waals surface area contributed by atoms with Crippen molar-refractivity contribution >= 4 is 6.09 Å². The van der Waals surface area contributed by atoms with Crippen LogP contribution in [0.4, 0.5) is 4.79 Å². The van der Waals surface area contributed by atoms with Crippen molar-refractivity contribution in [3.63, 3.8) is 0 Å². The fraction of sp³-hybridized carbons (Fsp3) is 0.889. The van der Waals surface area contributed by atoms with E-state index in [2.05, 4.69) is 6.92 Å². The minimum absolute atomic E-state index is 0.284. The summed E-state index contributed by atoms with van der Waals surface area (Å²) in [5, 5.41) is 8.81. The molecular formula is C9H16N2O2. The lowest BCUT2D eigenvalue weighted by Gasteiger charge is -2.36. The summed E-state index contributed by atoms with van der Waals surface area (Å²) in [4.78, 5) is 12.2. The molecule has 1 spiro atoms. The van der Waals surface area contributed by atoms with Crippen LogP contribution in [0.2, 0.25) is 0 Å².